The van der Waals surface area contributed by atoms with E-state index in [0.717, 1.165) is 25.3 Å². The second-order valence-electron chi connectivity index (χ2n) is 5.06. The van der Waals surface area contributed by atoms with Gasteiger partial charge in [0.2, 0.25) is 5.91 Å². The zero-order valence-corrected chi connectivity index (χ0v) is 11.7. The first-order chi connectivity index (χ1) is 9.22. The van der Waals surface area contributed by atoms with Crippen LogP contribution in [0, 0.1) is 0 Å². The van der Waals surface area contributed by atoms with Crippen molar-refractivity contribution in [3.05, 3.63) is 24.2 Å². The molecule has 1 fully saturated rings. The Hall–Kier alpha value is -1.33. The van der Waals surface area contributed by atoms with Crippen LogP contribution in [0.3, 0.4) is 0 Å². The Morgan fingerprint density at radius 2 is 2.47 bits per heavy atom. The number of likely N-dealkylation sites (tertiary alicyclic amines) is 1. The van der Waals surface area contributed by atoms with Gasteiger partial charge in [-0.2, -0.15) is 0 Å². The molecule has 1 saturated heterocycles. The highest BCUT2D eigenvalue weighted by molar-refractivity contribution is 5.81. The number of carbonyl (C=O) groups is 1. The molecule has 0 spiro atoms. The van der Waals surface area contributed by atoms with Gasteiger partial charge in [0.15, 0.2) is 0 Å². The molecule has 2 N–H and O–H groups in total. The Morgan fingerprint density at radius 1 is 1.63 bits per heavy atom. The van der Waals surface area contributed by atoms with E-state index >= 15 is 0 Å². The van der Waals surface area contributed by atoms with Gasteiger partial charge in [-0.05, 0) is 45.5 Å². The van der Waals surface area contributed by atoms with Crippen molar-refractivity contribution in [2.75, 3.05) is 20.1 Å². The minimum absolute atomic E-state index is 0.0689. The lowest BCUT2D eigenvalue weighted by Crippen LogP contribution is -2.49. The minimum atomic E-state index is -0.0872. The SMILES string of the molecule is CNCC1CCCN1C(C)C(=O)NCc1ccco1. The summed E-state index contributed by atoms with van der Waals surface area (Å²) in [5.41, 5.74) is 0. The van der Waals surface area contributed by atoms with Crippen molar-refractivity contribution < 1.29 is 9.21 Å². The quantitative estimate of drug-likeness (QED) is 0.804. The molecule has 2 heterocycles. The highest BCUT2D eigenvalue weighted by Crippen LogP contribution is 2.19. The Morgan fingerprint density at radius 3 is 3.16 bits per heavy atom. The third-order valence-electron chi connectivity index (χ3n) is 3.76. The summed E-state index contributed by atoms with van der Waals surface area (Å²) in [5.74, 6) is 0.855. The van der Waals surface area contributed by atoms with Crippen LogP contribution >= 0.6 is 0 Å². The Balaban J connectivity index is 1.84. The van der Waals surface area contributed by atoms with Gasteiger partial charge >= 0.3 is 0 Å². The predicted octanol–water partition coefficient (Wildman–Crippen LogP) is 0.968. The van der Waals surface area contributed by atoms with Gasteiger partial charge in [0, 0.05) is 12.6 Å². The van der Waals surface area contributed by atoms with Crippen molar-refractivity contribution >= 4 is 5.91 Å². The Kier molecular flexibility index (Phi) is 4.99. The van der Waals surface area contributed by atoms with Crippen LogP contribution in [0.25, 0.3) is 0 Å². The fourth-order valence-electron chi connectivity index (χ4n) is 2.71. The van der Waals surface area contributed by atoms with Gasteiger partial charge in [-0.3, -0.25) is 9.69 Å². The van der Waals surface area contributed by atoms with Crippen molar-refractivity contribution in [1.29, 1.82) is 0 Å². The number of nitrogens with one attached hydrogen (secondary N) is 2. The second kappa shape index (κ2) is 6.73. The molecule has 2 atom stereocenters. The molecule has 0 bridgehead atoms. The van der Waals surface area contributed by atoms with Crippen molar-refractivity contribution in [2.24, 2.45) is 0 Å². The van der Waals surface area contributed by atoms with Gasteiger partial charge in [-0.1, -0.05) is 0 Å². The van der Waals surface area contributed by atoms with Crippen LogP contribution in [0.2, 0.25) is 0 Å². The maximum absolute atomic E-state index is 12.2. The van der Waals surface area contributed by atoms with Gasteiger partial charge in [0.05, 0.1) is 18.8 Å². The van der Waals surface area contributed by atoms with Crippen molar-refractivity contribution in [1.82, 2.24) is 15.5 Å². The average Bonchev–Trinajstić information content (AvgIpc) is 3.06. The van der Waals surface area contributed by atoms with Crippen molar-refractivity contribution in [2.45, 2.75) is 38.4 Å². The van der Waals surface area contributed by atoms with Crippen LogP contribution in [0.1, 0.15) is 25.5 Å². The average molecular weight is 265 g/mol. The molecular formula is C14H23N3O2. The van der Waals surface area contributed by atoms with E-state index in [1.807, 2.05) is 26.1 Å². The molecule has 2 rings (SSSR count). The predicted molar refractivity (Wildman–Crippen MR) is 73.7 cm³/mol. The number of likely N-dealkylation sites (N-methyl/N-ethyl adjacent to an activating group) is 1. The van der Waals surface area contributed by atoms with Crippen LogP contribution in [-0.2, 0) is 11.3 Å². The summed E-state index contributed by atoms with van der Waals surface area (Å²) < 4.78 is 5.21. The number of hydrogen-bond donors (Lipinski definition) is 2. The third kappa shape index (κ3) is 3.58. The first-order valence-electron chi connectivity index (χ1n) is 6.93. The lowest BCUT2D eigenvalue weighted by Gasteiger charge is -2.29. The van der Waals surface area contributed by atoms with E-state index in [4.69, 9.17) is 4.42 Å². The van der Waals surface area contributed by atoms with Crippen molar-refractivity contribution in [3.63, 3.8) is 0 Å². The monoisotopic (exact) mass is 265 g/mol. The van der Waals surface area contributed by atoms with E-state index < -0.39 is 0 Å². The number of rotatable bonds is 6. The number of hydrogen-bond acceptors (Lipinski definition) is 4. The summed E-state index contributed by atoms with van der Waals surface area (Å²) in [6.07, 6.45) is 3.95. The highest BCUT2D eigenvalue weighted by atomic mass is 16.3. The summed E-state index contributed by atoms with van der Waals surface area (Å²) in [6, 6.07) is 4.07. The summed E-state index contributed by atoms with van der Waals surface area (Å²) in [5, 5.41) is 6.13. The lowest BCUT2D eigenvalue weighted by atomic mass is 10.2. The molecule has 0 radical (unpaired) electrons. The van der Waals surface area contributed by atoms with E-state index in [-0.39, 0.29) is 11.9 Å². The van der Waals surface area contributed by atoms with Gasteiger partial charge in [-0.25, -0.2) is 0 Å². The first kappa shape index (κ1) is 14.1. The zero-order chi connectivity index (χ0) is 13.7. The van der Waals surface area contributed by atoms with Crippen LogP contribution < -0.4 is 10.6 Å². The van der Waals surface area contributed by atoms with E-state index in [1.165, 1.54) is 6.42 Å². The minimum Gasteiger partial charge on any atom is -0.467 e. The largest absolute Gasteiger partial charge is 0.467 e. The van der Waals surface area contributed by atoms with E-state index in [9.17, 15) is 4.79 Å². The fourth-order valence-corrected chi connectivity index (χ4v) is 2.71. The number of nitrogens with zero attached hydrogens (tertiary/aromatic N) is 1. The first-order valence-corrected chi connectivity index (χ1v) is 6.93. The molecule has 0 aromatic carbocycles. The second-order valence-corrected chi connectivity index (χ2v) is 5.06. The molecule has 1 aromatic heterocycles. The summed E-state index contributed by atoms with van der Waals surface area (Å²) in [7, 11) is 1.96. The topological polar surface area (TPSA) is 57.5 Å². The van der Waals surface area contributed by atoms with E-state index in [0.29, 0.717) is 12.6 Å². The summed E-state index contributed by atoms with van der Waals surface area (Å²) >= 11 is 0. The van der Waals surface area contributed by atoms with E-state index in [1.54, 1.807) is 6.26 Å². The molecular weight excluding hydrogens is 242 g/mol. The molecule has 1 amide bonds. The lowest BCUT2D eigenvalue weighted by molar-refractivity contribution is -0.126. The standard InChI is InChI=1S/C14H23N3O2/c1-11(17-7-3-5-12(17)9-15-2)14(18)16-10-13-6-4-8-19-13/h4,6,8,11-12,15H,3,5,7,9-10H2,1-2H3,(H,16,18). The fraction of sp³-hybridized carbons (Fsp3) is 0.643. The van der Waals surface area contributed by atoms with E-state index in [2.05, 4.69) is 15.5 Å². The number of amides is 1. The van der Waals surface area contributed by atoms with Gasteiger partial charge in [0.25, 0.3) is 0 Å². The molecule has 1 aliphatic rings. The summed E-state index contributed by atoms with van der Waals surface area (Å²) in [6.45, 7) is 4.38. The smallest absolute Gasteiger partial charge is 0.237 e. The van der Waals surface area contributed by atoms with Crippen LogP contribution in [0.5, 0.6) is 0 Å². The zero-order valence-electron chi connectivity index (χ0n) is 11.7. The molecule has 0 aliphatic carbocycles. The van der Waals surface area contributed by atoms with Crippen LogP contribution in [-0.4, -0.2) is 43.0 Å². The van der Waals surface area contributed by atoms with Gasteiger partial charge in [0.1, 0.15) is 5.76 Å². The van der Waals surface area contributed by atoms with Crippen LogP contribution in [0.4, 0.5) is 0 Å². The molecule has 0 saturated carbocycles. The highest BCUT2D eigenvalue weighted by Gasteiger charge is 2.31. The molecule has 1 aliphatic heterocycles. The molecule has 5 nitrogen and oxygen atoms in total. The normalized spacial score (nSPS) is 21.5. The maximum atomic E-state index is 12.2. The molecule has 2 unspecified atom stereocenters. The molecule has 5 heteroatoms. The van der Waals surface area contributed by atoms with Crippen molar-refractivity contribution in [3.8, 4) is 0 Å². The third-order valence-corrected chi connectivity index (χ3v) is 3.76. The Labute approximate surface area is 114 Å². The number of carbonyl (C=O) groups excluding carboxylic acids is 1. The molecule has 19 heavy (non-hydrogen) atoms. The molecule has 106 valence electrons. The Bertz CT molecular complexity index is 391. The van der Waals surface area contributed by atoms with Crippen LogP contribution in [0.15, 0.2) is 22.8 Å². The maximum Gasteiger partial charge on any atom is 0.237 e. The van der Waals surface area contributed by atoms with Gasteiger partial charge in [-0.15, -0.1) is 0 Å². The molecule has 1 aromatic rings. The van der Waals surface area contributed by atoms with Gasteiger partial charge < -0.3 is 15.1 Å². The number of furan rings is 1. The summed E-state index contributed by atoms with van der Waals surface area (Å²) in [4.78, 5) is 14.4.